The van der Waals surface area contributed by atoms with Crippen LogP contribution in [0.25, 0.3) is 0 Å². The normalized spacial score (nSPS) is 10.9. The summed E-state index contributed by atoms with van der Waals surface area (Å²) in [6.45, 7) is 3.03. The molecule has 0 fully saturated rings. The number of hydrogen-bond acceptors (Lipinski definition) is 11. The fraction of sp³-hybridized carbons (Fsp3) is 0.419. The molecule has 0 atom stereocenters. The van der Waals surface area contributed by atoms with Crippen LogP contribution in [-0.2, 0) is 9.59 Å². The van der Waals surface area contributed by atoms with Gasteiger partial charge in [-0.05, 0) is 136 Å². The third-order valence-electron chi connectivity index (χ3n) is 7.30. The van der Waals surface area contributed by atoms with Crippen LogP contribution in [0.3, 0.4) is 0 Å². The molecular formula is C31H40I6N10O7. The molecule has 2 aromatic carbocycles. The highest BCUT2D eigenvalue weighted by atomic mass is 127. The van der Waals surface area contributed by atoms with Gasteiger partial charge < -0.3 is 59.1 Å². The molecule has 0 bridgehead atoms. The summed E-state index contributed by atoms with van der Waals surface area (Å²) < 4.78 is 2.00. The summed E-state index contributed by atoms with van der Waals surface area (Å²) >= 11 is 11.6. The maximum atomic E-state index is 13.4. The van der Waals surface area contributed by atoms with Gasteiger partial charge in [0.15, 0.2) is 0 Å². The Bertz CT molecular complexity index is 1570. The summed E-state index contributed by atoms with van der Waals surface area (Å²) in [6, 6.07) is 0. The van der Waals surface area contributed by atoms with E-state index in [0.29, 0.717) is 21.4 Å². The highest BCUT2D eigenvalue weighted by Crippen LogP contribution is 2.40. The predicted molar refractivity (Wildman–Crippen MR) is 257 cm³/mol. The van der Waals surface area contributed by atoms with Crippen molar-refractivity contribution in [2.75, 3.05) is 75.2 Å². The van der Waals surface area contributed by atoms with Gasteiger partial charge >= 0.3 is 0 Å². The highest BCUT2D eigenvalue weighted by molar-refractivity contribution is 14.1. The molecule has 2 aromatic rings. The number of amides is 6. The van der Waals surface area contributed by atoms with Crippen molar-refractivity contribution in [1.82, 2.24) is 21.3 Å². The number of anilines is 2. The number of benzene rings is 2. The van der Waals surface area contributed by atoms with Gasteiger partial charge in [0.1, 0.15) is 0 Å². The van der Waals surface area contributed by atoms with E-state index in [2.05, 4.69) is 21.3 Å². The van der Waals surface area contributed by atoms with Crippen LogP contribution in [0.15, 0.2) is 0 Å². The Kier molecular flexibility index (Phi) is 21.8. The molecule has 0 spiro atoms. The smallest absolute Gasteiger partial charge is 0.253 e. The standard InChI is InChI=1S/C31H40I6N10O7/c1-13(48)46(26-22(34)16(28(51)42-7-3-38)20(32)17(23(26)35)29(52)43-8-4-39)11-15(50)12-47(14(2)49)27-24(36)18(30(53)44-9-5-40)21(33)19(25(27)37)31(54)45-10-6-41/h15,50H,3-12,38-41H2,1-2H3,(H,42,51)(H,43,52)(H,44,53)(H,45,54). The third kappa shape index (κ3) is 12.2. The van der Waals surface area contributed by atoms with Crippen LogP contribution >= 0.6 is 136 Å². The number of nitrogens with one attached hydrogen (secondary N) is 4. The summed E-state index contributed by atoms with van der Waals surface area (Å²) in [5.74, 6) is -3.14. The number of carbonyl (C=O) groups excluding carboxylic acids is 6. The molecule has 0 aliphatic heterocycles. The molecule has 0 saturated heterocycles. The fourth-order valence-electron chi connectivity index (χ4n) is 4.90. The molecule has 0 aliphatic rings. The van der Waals surface area contributed by atoms with Crippen LogP contribution in [0.1, 0.15) is 55.3 Å². The number of carbonyl (C=O) groups is 6. The summed E-state index contributed by atoms with van der Waals surface area (Å²) in [6.07, 6.45) is -1.43. The zero-order valence-corrected chi connectivity index (χ0v) is 42.0. The van der Waals surface area contributed by atoms with Gasteiger partial charge in [-0.15, -0.1) is 0 Å². The van der Waals surface area contributed by atoms with Crippen molar-refractivity contribution in [3.63, 3.8) is 0 Å². The van der Waals surface area contributed by atoms with E-state index in [0.717, 1.165) is 0 Å². The number of nitrogens with two attached hydrogens (primary N) is 4. The Morgan fingerprint density at radius 3 is 0.907 bits per heavy atom. The lowest BCUT2D eigenvalue weighted by atomic mass is 10.1. The lowest BCUT2D eigenvalue weighted by Gasteiger charge is -2.32. The number of hydrogen-bond donors (Lipinski definition) is 9. The molecule has 54 heavy (non-hydrogen) atoms. The van der Waals surface area contributed by atoms with Gasteiger partial charge in [-0.25, -0.2) is 0 Å². The molecule has 13 N–H and O–H groups in total. The number of rotatable bonds is 18. The van der Waals surface area contributed by atoms with E-state index in [4.69, 9.17) is 22.9 Å². The zero-order chi connectivity index (χ0) is 41.0. The van der Waals surface area contributed by atoms with E-state index < -0.39 is 41.5 Å². The van der Waals surface area contributed by atoms with Gasteiger partial charge in [-0.2, -0.15) is 0 Å². The summed E-state index contributed by atoms with van der Waals surface area (Å²) in [4.78, 5) is 83.1. The molecule has 2 rings (SSSR count). The predicted octanol–water partition coefficient (Wildman–Crippen LogP) is 0.835. The minimum atomic E-state index is -1.43. The first kappa shape index (κ1) is 49.6. The van der Waals surface area contributed by atoms with E-state index in [1.54, 1.807) is 0 Å². The lowest BCUT2D eigenvalue weighted by Crippen LogP contribution is -2.45. The van der Waals surface area contributed by atoms with Gasteiger partial charge in [-0.1, -0.05) is 0 Å². The maximum absolute atomic E-state index is 13.4. The first-order valence-corrected chi connectivity index (χ1v) is 22.5. The van der Waals surface area contributed by atoms with E-state index in [9.17, 15) is 33.9 Å². The van der Waals surface area contributed by atoms with E-state index in [-0.39, 0.29) is 99.1 Å². The second-order valence-electron chi connectivity index (χ2n) is 11.2. The number of nitrogens with zero attached hydrogens (tertiary/aromatic N) is 2. The Morgan fingerprint density at radius 1 is 0.500 bits per heavy atom. The van der Waals surface area contributed by atoms with Crippen LogP contribution in [-0.4, -0.2) is 112 Å². The lowest BCUT2D eigenvalue weighted by molar-refractivity contribution is -0.117. The quantitative estimate of drug-likeness (QED) is 0.0944. The summed E-state index contributed by atoms with van der Waals surface area (Å²) in [7, 11) is 0. The van der Waals surface area contributed by atoms with Crippen LogP contribution < -0.4 is 54.0 Å². The van der Waals surface area contributed by atoms with E-state index in [1.807, 2.05) is 136 Å². The minimum absolute atomic E-state index is 0.132. The van der Waals surface area contributed by atoms with Crippen molar-refractivity contribution < 1.29 is 33.9 Å². The van der Waals surface area contributed by atoms with Gasteiger partial charge in [0.25, 0.3) is 23.6 Å². The van der Waals surface area contributed by atoms with Crippen molar-refractivity contribution in [2.24, 2.45) is 22.9 Å². The second-order valence-corrected chi connectivity index (χ2v) is 17.6. The molecule has 0 saturated carbocycles. The summed E-state index contributed by atoms with van der Waals surface area (Å²) in [5, 5.41) is 22.6. The molecule has 0 unspecified atom stereocenters. The zero-order valence-electron chi connectivity index (χ0n) is 29.0. The highest BCUT2D eigenvalue weighted by Gasteiger charge is 2.35. The largest absolute Gasteiger partial charge is 0.389 e. The number of aliphatic hydroxyl groups excluding tert-OH is 1. The molecule has 298 valence electrons. The van der Waals surface area contributed by atoms with Crippen LogP contribution in [0.5, 0.6) is 0 Å². The van der Waals surface area contributed by atoms with Gasteiger partial charge in [0.05, 0.1) is 67.1 Å². The Hall–Kier alpha value is -0.560. The van der Waals surface area contributed by atoms with Crippen LogP contribution in [0, 0.1) is 21.4 Å². The topological polar surface area (TPSA) is 281 Å². The molecule has 6 amide bonds. The molecular weight excluding hydrogens is 1390 g/mol. The average Bonchev–Trinajstić information content (AvgIpc) is 3.10. The monoisotopic (exact) mass is 1430 g/mol. The molecule has 17 nitrogen and oxygen atoms in total. The maximum Gasteiger partial charge on any atom is 0.253 e. The Balaban J connectivity index is 2.81. The third-order valence-corrected chi connectivity index (χ3v) is 13.7. The number of aliphatic hydroxyl groups is 1. The average molecular weight is 1430 g/mol. The Labute approximate surface area is 394 Å². The Morgan fingerprint density at radius 2 is 0.722 bits per heavy atom. The van der Waals surface area contributed by atoms with E-state index >= 15 is 0 Å². The van der Waals surface area contributed by atoms with Crippen LogP contribution in [0.4, 0.5) is 11.4 Å². The van der Waals surface area contributed by atoms with E-state index in [1.165, 1.54) is 23.6 Å². The van der Waals surface area contributed by atoms with Crippen molar-refractivity contribution in [2.45, 2.75) is 20.0 Å². The molecule has 0 aliphatic carbocycles. The molecule has 0 aromatic heterocycles. The van der Waals surface area contributed by atoms with Crippen molar-refractivity contribution >= 4 is 182 Å². The van der Waals surface area contributed by atoms with Gasteiger partial charge in [0.2, 0.25) is 11.8 Å². The minimum Gasteiger partial charge on any atom is -0.389 e. The molecule has 23 heteroatoms. The second kappa shape index (κ2) is 23.7. The molecule has 0 radical (unpaired) electrons. The first-order valence-electron chi connectivity index (χ1n) is 16.0. The number of halogens is 6. The first-order chi connectivity index (χ1) is 25.4. The van der Waals surface area contributed by atoms with Crippen LogP contribution in [0.2, 0.25) is 0 Å². The van der Waals surface area contributed by atoms with Crippen molar-refractivity contribution in [3.05, 3.63) is 43.7 Å². The van der Waals surface area contributed by atoms with Gasteiger partial charge in [0, 0.05) is 73.3 Å². The SMILES string of the molecule is CC(=O)N(CC(O)CN(C(C)=O)c1c(I)c(C(=O)NCCN)c(I)c(C(=O)NCCN)c1I)c1c(I)c(C(=O)NCCN)c(I)c(C(=O)NCCN)c1I. The van der Waals surface area contributed by atoms with Crippen molar-refractivity contribution in [1.29, 1.82) is 0 Å². The summed E-state index contributed by atoms with van der Waals surface area (Å²) in [5.41, 5.74) is 23.4. The molecule has 0 heterocycles. The fourth-order valence-corrected chi connectivity index (χ4v) is 14.4. The van der Waals surface area contributed by atoms with Gasteiger partial charge in [-0.3, -0.25) is 28.8 Å². The van der Waals surface area contributed by atoms with Crippen molar-refractivity contribution in [3.8, 4) is 0 Å².